The number of aromatic nitrogens is 2. The second kappa shape index (κ2) is 11.8. The van der Waals surface area contributed by atoms with Gasteiger partial charge in [-0.1, -0.05) is 26.0 Å². The molecule has 1 atom stereocenters. The second-order valence-electron chi connectivity index (χ2n) is 14.2. The van der Waals surface area contributed by atoms with Gasteiger partial charge in [-0.05, 0) is 83.6 Å². The predicted octanol–water partition coefficient (Wildman–Crippen LogP) is 5.04. The van der Waals surface area contributed by atoms with E-state index in [2.05, 4.69) is 101 Å². The fourth-order valence-corrected chi connectivity index (χ4v) is 6.24. The molecule has 0 saturated carbocycles. The van der Waals surface area contributed by atoms with Crippen LogP contribution in [0.2, 0.25) is 0 Å². The standard InChI is InChI=1S/C34H51BN4O4/c1-11-39-29-13-12-24(35-42-33(5,6)34(7,8)43-35)18-26(29)28(20-32(3,4)22-40)31(39)27-19-25(21-36-30(27)23(2)41-10)38-16-14-37(9)15-17-38/h12-13,18-19,21,23,40H,11,14-17,20,22H2,1-10H3/t23-/m0/s1. The van der Waals surface area contributed by atoms with E-state index in [0.717, 1.165) is 71.7 Å². The number of hydrogen-bond acceptors (Lipinski definition) is 7. The van der Waals surface area contributed by atoms with Crippen LogP contribution in [0, 0.1) is 5.41 Å². The van der Waals surface area contributed by atoms with Crippen LogP contribution in [0.5, 0.6) is 0 Å². The minimum atomic E-state index is -0.451. The first-order valence-corrected chi connectivity index (χ1v) is 15.8. The Balaban J connectivity index is 1.74. The van der Waals surface area contributed by atoms with Gasteiger partial charge < -0.3 is 33.5 Å². The van der Waals surface area contributed by atoms with Gasteiger partial charge in [-0.3, -0.25) is 4.98 Å². The largest absolute Gasteiger partial charge is 0.494 e. The maximum Gasteiger partial charge on any atom is 0.494 e. The number of hydrogen-bond donors (Lipinski definition) is 1. The number of benzene rings is 1. The summed E-state index contributed by atoms with van der Waals surface area (Å²) < 4.78 is 21.2. The zero-order valence-corrected chi connectivity index (χ0v) is 28.0. The monoisotopic (exact) mass is 590 g/mol. The first-order valence-electron chi connectivity index (χ1n) is 15.8. The van der Waals surface area contributed by atoms with Crippen molar-refractivity contribution in [1.82, 2.24) is 14.5 Å². The lowest BCUT2D eigenvalue weighted by Gasteiger charge is -2.34. The van der Waals surface area contributed by atoms with Crippen molar-refractivity contribution in [3.05, 3.63) is 41.7 Å². The summed E-state index contributed by atoms with van der Waals surface area (Å²) in [7, 11) is 3.47. The predicted molar refractivity (Wildman–Crippen MR) is 176 cm³/mol. The highest BCUT2D eigenvalue weighted by Gasteiger charge is 2.51. The average Bonchev–Trinajstić information content (AvgIpc) is 3.39. The number of rotatable bonds is 9. The summed E-state index contributed by atoms with van der Waals surface area (Å²) in [6.45, 7) is 21.7. The molecule has 2 fully saturated rings. The van der Waals surface area contributed by atoms with E-state index >= 15 is 0 Å². The van der Waals surface area contributed by atoms with Gasteiger partial charge >= 0.3 is 7.12 Å². The van der Waals surface area contributed by atoms with Gasteiger partial charge in [-0.25, -0.2) is 0 Å². The number of aliphatic hydroxyl groups is 1. The minimum absolute atomic E-state index is 0.0864. The van der Waals surface area contributed by atoms with Crippen molar-refractivity contribution >= 4 is 29.2 Å². The lowest BCUT2D eigenvalue weighted by atomic mass is 9.77. The molecule has 0 radical (unpaired) electrons. The van der Waals surface area contributed by atoms with E-state index in [-0.39, 0.29) is 18.1 Å². The quantitative estimate of drug-likeness (QED) is 0.350. The van der Waals surface area contributed by atoms with Gasteiger partial charge in [0.2, 0.25) is 0 Å². The summed E-state index contributed by atoms with van der Waals surface area (Å²) >= 11 is 0. The van der Waals surface area contributed by atoms with Crippen molar-refractivity contribution in [1.29, 1.82) is 0 Å². The van der Waals surface area contributed by atoms with Gasteiger partial charge in [0.1, 0.15) is 0 Å². The number of likely N-dealkylation sites (N-methyl/N-ethyl adjacent to an activating group) is 1. The molecule has 2 aliphatic heterocycles. The number of fused-ring (bicyclic) bond motifs is 1. The third kappa shape index (κ3) is 5.99. The number of ether oxygens (including phenoxy) is 1. The Morgan fingerprint density at radius 2 is 1.72 bits per heavy atom. The minimum Gasteiger partial charge on any atom is -0.399 e. The number of piperazine rings is 1. The van der Waals surface area contributed by atoms with Gasteiger partial charge in [-0.2, -0.15) is 0 Å². The van der Waals surface area contributed by atoms with E-state index in [1.165, 1.54) is 5.56 Å². The van der Waals surface area contributed by atoms with Crippen molar-refractivity contribution in [2.75, 3.05) is 51.8 Å². The SMILES string of the molecule is CCn1c(-c2cc(N3CCN(C)CC3)cnc2[C@H](C)OC)c(CC(C)(C)CO)c2cc(B3OC(C)(C)C(C)(C)O3)ccc21. The van der Waals surface area contributed by atoms with Gasteiger partial charge in [0.15, 0.2) is 0 Å². The molecule has 43 heavy (non-hydrogen) atoms. The van der Waals surface area contributed by atoms with E-state index in [0.29, 0.717) is 6.42 Å². The fraction of sp³-hybridized carbons (Fsp3) is 0.618. The summed E-state index contributed by atoms with van der Waals surface area (Å²) in [6, 6.07) is 8.90. The summed E-state index contributed by atoms with van der Waals surface area (Å²) in [5, 5.41) is 11.6. The first-order chi connectivity index (χ1) is 20.2. The van der Waals surface area contributed by atoms with Crippen LogP contribution in [0.25, 0.3) is 22.2 Å². The zero-order valence-electron chi connectivity index (χ0n) is 28.0. The van der Waals surface area contributed by atoms with E-state index in [1.54, 1.807) is 7.11 Å². The van der Waals surface area contributed by atoms with Gasteiger partial charge in [0, 0.05) is 62.9 Å². The van der Waals surface area contributed by atoms with Gasteiger partial charge in [0.05, 0.1) is 40.6 Å². The Kier molecular flexibility index (Phi) is 8.79. The summed E-state index contributed by atoms with van der Waals surface area (Å²) in [6.07, 6.45) is 2.53. The molecule has 1 aromatic carbocycles. The molecule has 2 saturated heterocycles. The summed E-state index contributed by atoms with van der Waals surface area (Å²) in [5.41, 5.74) is 6.49. The fourth-order valence-electron chi connectivity index (χ4n) is 6.24. The molecule has 1 N–H and O–H groups in total. The highest BCUT2D eigenvalue weighted by Crippen LogP contribution is 2.42. The van der Waals surface area contributed by atoms with Crippen LogP contribution in [0.4, 0.5) is 5.69 Å². The molecule has 0 spiro atoms. The molecule has 0 amide bonds. The lowest BCUT2D eigenvalue weighted by molar-refractivity contribution is 0.00578. The number of nitrogens with zero attached hydrogens (tertiary/aromatic N) is 4. The maximum atomic E-state index is 10.4. The molecule has 0 bridgehead atoms. The number of methoxy groups -OCH3 is 1. The molecule has 3 aromatic rings. The number of pyridine rings is 1. The van der Waals surface area contributed by atoms with Crippen molar-refractivity contribution in [2.24, 2.45) is 5.41 Å². The summed E-state index contributed by atoms with van der Waals surface area (Å²) in [4.78, 5) is 9.86. The highest BCUT2D eigenvalue weighted by molar-refractivity contribution is 6.62. The van der Waals surface area contributed by atoms with E-state index < -0.39 is 18.3 Å². The van der Waals surface area contributed by atoms with Crippen molar-refractivity contribution < 1.29 is 19.2 Å². The van der Waals surface area contributed by atoms with Crippen LogP contribution in [0.3, 0.4) is 0 Å². The number of anilines is 1. The Labute approximate surface area is 258 Å². The molecule has 0 unspecified atom stereocenters. The van der Waals surface area contributed by atoms with Crippen molar-refractivity contribution in [2.45, 2.75) is 85.7 Å². The van der Waals surface area contributed by atoms with Gasteiger partial charge in [0.25, 0.3) is 0 Å². The van der Waals surface area contributed by atoms with E-state index in [9.17, 15) is 5.11 Å². The highest BCUT2D eigenvalue weighted by atomic mass is 16.7. The topological polar surface area (TPSA) is 72.2 Å². The van der Waals surface area contributed by atoms with Crippen LogP contribution in [0.1, 0.15) is 72.8 Å². The maximum absolute atomic E-state index is 10.4. The summed E-state index contributed by atoms with van der Waals surface area (Å²) in [5.74, 6) is 0. The normalized spacial score (nSPS) is 19.9. The third-order valence-electron chi connectivity index (χ3n) is 9.88. The molecule has 5 rings (SSSR count). The molecule has 234 valence electrons. The molecular formula is C34H51BN4O4. The molecule has 2 aromatic heterocycles. The lowest BCUT2D eigenvalue weighted by Crippen LogP contribution is -2.44. The Hall–Kier alpha value is -2.43. The van der Waals surface area contributed by atoms with E-state index in [1.807, 2.05) is 6.20 Å². The van der Waals surface area contributed by atoms with Gasteiger partial charge in [-0.15, -0.1) is 0 Å². The smallest absolute Gasteiger partial charge is 0.399 e. The van der Waals surface area contributed by atoms with Crippen LogP contribution < -0.4 is 10.4 Å². The third-order valence-corrected chi connectivity index (χ3v) is 9.88. The Morgan fingerprint density at radius 1 is 1.07 bits per heavy atom. The Morgan fingerprint density at radius 3 is 2.30 bits per heavy atom. The number of aryl methyl sites for hydroxylation is 1. The van der Waals surface area contributed by atoms with Crippen molar-refractivity contribution in [3.63, 3.8) is 0 Å². The Bertz CT molecular complexity index is 1440. The van der Waals surface area contributed by atoms with Crippen LogP contribution >= 0.6 is 0 Å². The number of aliphatic hydroxyl groups excluding tert-OH is 1. The van der Waals surface area contributed by atoms with Crippen LogP contribution in [-0.4, -0.2) is 84.8 Å². The molecule has 8 nitrogen and oxygen atoms in total. The molecule has 0 aliphatic carbocycles. The van der Waals surface area contributed by atoms with Crippen LogP contribution in [0.15, 0.2) is 30.5 Å². The second-order valence-corrected chi connectivity index (χ2v) is 14.2. The molecule has 4 heterocycles. The zero-order chi connectivity index (χ0) is 31.3. The van der Waals surface area contributed by atoms with Crippen LogP contribution in [-0.2, 0) is 27.0 Å². The van der Waals surface area contributed by atoms with Crippen molar-refractivity contribution in [3.8, 4) is 11.3 Å². The molecular weight excluding hydrogens is 539 g/mol. The first kappa shape index (κ1) is 32.0. The average molecular weight is 591 g/mol. The van der Waals surface area contributed by atoms with E-state index in [4.69, 9.17) is 19.0 Å². The molecule has 9 heteroatoms. The molecule has 2 aliphatic rings.